The normalized spacial score (nSPS) is 18.0. The van der Waals surface area contributed by atoms with Crippen molar-refractivity contribution in [2.24, 2.45) is 0 Å². The third-order valence-corrected chi connectivity index (χ3v) is 5.92. The number of carbonyl (C=O) groups excluding carboxylic acids is 1. The van der Waals surface area contributed by atoms with E-state index in [2.05, 4.69) is 47.7 Å². The Morgan fingerprint density at radius 3 is 2.81 bits per heavy atom. The highest BCUT2D eigenvalue weighted by molar-refractivity contribution is 8.00. The average molecular weight is 369 g/mol. The highest BCUT2D eigenvalue weighted by Gasteiger charge is 2.38. The van der Waals surface area contributed by atoms with Gasteiger partial charge >= 0.3 is 0 Å². The monoisotopic (exact) mass is 368 g/mol. The molecule has 6 heteroatoms. The summed E-state index contributed by atoms with van der Waals surface area (Å²) >= 11 is 1.42. The topological polar surface area (TPSA) is 51.0 Å². The molecule has 0 radical (unpaired) electrons. The van der Waals surface area contributed by atoms with Crippen molar-refractivity contribution in [3.63, 3.8) is 0 Å². The van der Waals surface area contributed by atoms with E-state index in [-0.39, 0.29) is 16.4 Å². The molecule has 26 heavy (non-hydrogen) atoms. The molecule has 0 unspecified atom stereocenters. The molecule has 0 aliphatic carbocycles. The lowest BCUT2D eigenvalue weighted by Gasteiger charge is -2.24. The van der Waals surface area contributed by atoms with Crippen LogP contribution in [0.15, 0.2) is 60.2 Å². The van der Waals surface area contributed by atoms with Gasteiger partial charge < -0.3 is 9.47 Å². The number of rotatable bonds is 6. The molecule has 0 fully saturated rings. The van der Waals surface area contributed by atoms with Gasteiger partial charge in [0.25, 0.3) is 0 Å². The molecule has 1 atom stereocenters. The van der Waals surface area contributed by atoms with Crippen molar-refractivity contribution in [1.29, 1.82) is 0 Å². The Balaban J connectivity index is 1.82. The summed E-state index contributed by atoms with van der Waals surface area (Å²) < 4.78 is 1.88. The number of allylic oxidation sites excluding steroid dienone is 3. The van der Waals surface area contributed by atoms with Crippen molar-refractivity contribution in [3.05, 3.63) is 60.6 Å². The largest absolute Gasteiger partial charge is 0.347 e. The van der Waals surface area contributed by atoms with Crippen molar-refractivity contribution >= 4 is 23.2 Å². The second kappa shape index (κ2) is 7.11. The van der Waals surface area contributed by atoms with Crippen LogP contribution in [0.2, 0.25) is 0 Å². The minimum atomic E-state index is -0.247. The number of nitrogens with zero attached hydrogens (tertiary/aromatic N) is 4. The smallest absolute Gasteiger partial charge is 0.191 e. The lowest BCUT2D eigenvalue weighted by atomic mass is 9.83. The molecule has 1 aliphatic heterocycles. The van der Waals surface area contributed by atoms with E-state index in [1.165, 1.54) is 17.3 Å². The fourth-order valence-corrected chi connectivity index (χ4v) is 4.18. The molecule has 0 spiro atoms. The van der Waals surface area contributed by atoms with Gasteiger partial charge in [0.1, 0.15) is 6.33 Å². The van der Waals surface area contributed by atoms with Crippen LogP contribution in [-0.2, 0) is 16.8 Å². The quantitative estimate of drug-likeness (QED) is 0.441. The zero-order valence-electron chi connectivity index (χ0n) is 15.6. The molecule has 136 valence electrons. The maximum Gasteiger partial charge on any atom is 0.191 e. The van der Waals surface area contributed by atoms with Gasteiger partial charge in [-0.1, -0.05) is 49.9 Å². The number of benzene rings is 1. The first-order chi connectivity index (χ1) is 12.4. The van der Waals surface area contributed by atoms with E-state index in [0.717, 1.165) is 16.5 Å². The molecule has 0 amide bonds. The molecule has 0 N–H and O–H groups in total. The van der Waals surface area contributed by atoms with Crippen LogP contribution in [0.25, 0.3) is 0 Å². The summed E-state index contributed by atoms with van der Waals surface area (Å²) in [6.45, 7) is 10.6. The van der Waals surface area contributed by atoms with E-state index >= 15 is 0 Å². The molecule has 2 heterocycles. The number of para-hydroxylation sites is 1. The number of fused-ring (bicyclic) bond motifs is 1. The first-order valence-electron chi connectivity index (χ1n) is 8.61. The highest BCUT2D eigenvalue weighted by atomic mass is 32.2. The fourth-order valence-electron chi connectivity index (χ4n) is 3.33. The third kappa shape index (κ3) is 3.21. The van der Waals surface area contributed by atoms with Crippen molar-refractivity contribution < 1.29 is 4.79 Å². The average Bonchev–Trinajstić information content (AvgIpc) is 3.12. The van der Waals surface area contributed by atoms with Gasteiger partial charge in [-0.3, -0.25) is 4.79 Å². The van der Waals surface area contributed by atoms with Crippen LogP contribution in [-0.4, -0.2) is 32.8 Å². The van der Waals surface area contributed by atoms with Gasteiger partial charge in [0.2, 0.25) is 0 Å². The standard InChI is InChI=1S/C20H24N4OS/c1-6-11-24-13-21-22-19(24)26-14(2)17(25)12-18-20(3,4)15-9-7-8-10-16(15)23(18)5/h6-10,12-14H,1,11H2,2-5H3/b18-12+/t14-/m0/s1. The van der Waals surface area contributed by atoms with E-state index < -0.39 is 0 Å². The summed E-state index contributed by atoms with van der Waals surface area (Å²) in [5.74, 6) is 0.0749. The molecule has 1 aliphatic rings. The zero-order valence-corrected chi connectivity index (χ0v) is 16.5. The molecular weight excluding hydrogens is 344 g/mol. The molecule has 5 nitrogen and oxygen atoms in total. The number of carbonyl (C=O) groups is 1. The molecule has 1 aromatic heterocycles. The Labute approximate surface area is 158 Å². The Bertz CT molecular complexity index is 868. The summed E-state index contributed by atoms with van der Waals surface area (Å²) in [5, 5.41) is 8.52. The van der Waals surface area contributed by atoms with Gasteiger partial charge in [0.05, 0.1) is 5.25 Å². The number of hydrogen-bond donors (Lipinski definition) is 0. The van der Waals surface area contributed by atoms with Gasteiger partial charge in [-0.15, -0.1) is 16.8 Å². The number of likely N-dealkylation sites (N-methyl/N-ethyl adjacent to an activating group) is 1. The van der Waals surface area contributed by atoms with Gasteiger partial charge in [0, 0.05) is 36.5 Å². The molecule has 0 bridgehead atoms. The SMILES string of the molecule is C=CCn1cnnc1S[C@@H](C)C(=O)/C=C1/N(C)c2ccccc2C1(C)C. The summed E-state index contributed by atoms with van der Waals surface area (Å²) in [7, 11) is 2.02. The molecule has 3 rings (SSSR count). The van der Waals surface area contributed by atoms with Crippen LogP contribution in [0.5, 0.6) is 0 Å². The van der Waals surface area contributed by atoms with Crippen LogP contribution in [0, 0.1) is 0 Å². The highest BCUT2D eigenvalue weighted by Crippen LogP contribution is 2.46. The maximum absolute atomic E-state index is 12.9. The lowest BCUT2D eigenvalue weighted by Crippen LogP contribution is -2.25. The van der Waals surface area contributed by atoms with Crippen molar-refractivity contribution in [2.75, 3.05) is 11.9 Å². The summed E-state index contributed by atoms with van der Waals surface area (Å²) in [6.07, 6.45) is 5.23. The van der Waals surface area contributed by atoms with Crippen LogP contribution < -0.4 is 4.90 Å². The van der Waals surface area contributed by atoms with Gasteiger partial charge in [-0.25, -0.2) is 0 Å². The van der Waals surface area contributed by atoms with E-state index in [4.69, 9.17) is 0 Å². The summed E-state index contributed by atoms with van der Waals surface area (Å²) in [4.78, 5) is 15.0. The Kier molecular flexibility index (Phi) is 5.05. The van der Waals surface area contributed by atoms with E-state index in [9.17, 15) is 4.79 Å². The van der Waals surface area contributed by atoms with E-state index in [1.807, 2.05) is 30.7 Å². The second-order valence-electron chi connectivity index (χ2n) is 6.95. The van der Waals surface area contributed by atoms with Gasteiger partial charge in [-0.05, 0) is 18.6 Å². The zero-order chi connectivity index (χ0) is 18.9. The first-order valence-corrected chi connectivity index (χ1v) is 9.49. The Morgan fingerprint density at radius 2 is 2.12 bits per heavy atom. The molecule has 0 saturated carbocycles. The van der Waals surface area contributed by atoms with Crippen LogP contribution in [0.1, 0.15) is 26.3 Å². The van der Waals surface area contributed by atoms with Gasteiger partial charge in [0.15, 0.2) is 10.9 Å². The Hall–Kier alpha value is -2.34. The van der Waals surface area contributed by atoms with Gasteiger partial charge in [-0.2, -0.15) is 0 Å². The fraction of sp³-hybridized carbons (Fsp3) is 0.350. The minimum Gasteiger partial charge on any atom is -0.347 e. The van der Waals surface area contributed by atoms with Crippen molar-refractivity contribution in [2.45, 2.75) is 43.1 Å². The molecule has 0 saturated heterocycles. The number of thioether (sulfide) groups is 1. The molecule has 2 aromatic rings. The summed E-state index contributed by atoms with van der Waals surface area (Å²) in [6, 6.07) is 8.30. The third-order valence-electron chi connectivity index (χ3n) is 4.81. The predicted molar refractivity (Wildman–Crippen MR) is 106 cm³/mol. The lowest BCUT2D eigenvalue weighted by molar-refractivity contribution is -0.114. The van der Waals surface area contributed by atoms with Crippen molar-refractivity contribution in [1.82, 2.24) is 14.8 Å². The minimum absolute atomic E-state index is 0.0749. The number of aromatic nitrogens is 3. The second-order valence-corrected chi connectivity index (χ2v) is 8.26. The molecule has 1 aromatic carbocycles. The summed E-state index contributed by atoms with van der Waals surface area (Å²) in [5.41, 5.74) is 3.22. The predicted octanol–water partition coefficient (Wildman–Crippen LogP) is 3.83. The number of hydrogen-bond acceptors (Lipinski definition) is 5. The van der Waals surface area contributed by atoms with Crippen LogP contribution >= 0.6 is 11.8 Å². The molecular formula is C20H24N4OS. The Morgan fingerprint density at radius 1 is 1.38 bits per heavy atom. The van der Waals surface area contributed by atoms with Crippen LogP contribution in [0.3, 0.4) is 0 Å². The first kappa shape index (κ1) is 18.5. The number of ketones is 1. The van der Waals surface area contributed by atoms with Crippen LogP contribution in [0.4, 0.5) is 5.69 Å². The maximum atomic E-state index is 12.9. The van der Waals surface area contributed by atoms with E-state index in [0.29, 0.717) is 6.54 Å². The van der Waals surface area contributed by atoms with Crippen molar-refractivity contribution in [3.8, 4) is 0 Å². The van der Waals surface area contributed by atoms with E-state index in [1.54, 1.807) is 18.5 Å². The number of anilines is 1.